The fourth-order valence-electron chi connectivity index (χ4n) is 2.01. The number of aromatic carboxylic acids is 1. The van der Waals surface area contributed by atoms with Gasteiger partial charge in [-0.25, -0.2) is 4.79 Å². The number of carbonyl (C=O) groups is 1. The molecule has 2 heterocycles. The first-order valence-electron chi connectivity index (χ1n) is 5.43. The van der Waals surface area contributed by atoms with Crippen LogP contribution in [0.5, 0.6) is 0 Å². The number of benzene rings is 1. The zero-order chi connectivity index (χ0) is 12.7. The summed E-state index contributed by atoms with van der Waals surface area (Å²) in [6, 6.07) is 5.90. The molecule has 0 amide bonds. The second kappa shape index (κ2) is 3.73. The second-order valence-corrected chi connectivity index (χ2v) is 4.13. The zero-order valence-corrected chi connectivity index (χ0v) is 9.60. The van der Waals surface area contributed by atoms with Gasteiger partial charge in [0.05, 0.1) is 6.20 Å². The Bertz CT molecular complexity index is 740. The number of H-pyrrole nitrogens is 1. The third kappa shape index (κ3) is 1.48. The Morgan fingerprint density at radius 3 is 3.06 bits per heavy atom. The summed E-state index contributed by atoms with van der Waals surface area (Å²) < 4.78 is 5.06. The lowest BCUT2D eigenvalue weighted by Crippen LogP contribution is -1.95. The summed E-state index contributed by atoms with van der Waals surface area (Å²) in [7, 11) is 0. The van der Waals surface area contributed by atoms with E-state index in [0.29, 0.717) is 5.56 Å². The lowest BCUT2D eigenvalue weighted by Gasteiger charge is -1.97. The number of aromatic amines is 1. The number of nitrogens with zero attached hydrogens (tertiary/aromatic N) is 1. The van der Waals surface area contributed by atoms with Crippen molar-refractivity contribution in [1.82, 2.24) is 10.1 Å². The van der Waals surface area contributed by atoms with Crippen molar-refractivity contribution in [3.05, 3.63) is 41.7 Å². The maximum atomic E-state index is 11.1. The molecule has 2 aromatic heterocycles. The van der Waals surface area contributed by atoms with Crippen LogP contribution in [0.3, 0.4) is 0 Å². The highest BCUT2D eigenvalue weighted by molar-refractivity contribution is 6.01. The van der Waals surface area contributed by atoms with Gasteiger partial charge in [0.1, 0.15) is 5.56 Å². The second-order valence-electron chi connectivity index (χ2n) is 4.13. The van der Waals surface area contributed by atoms with Gasteiger partial charge in [0, 0.05) is 22.7 Å². The van der Waals surface area contributed by atoms with E-state index in [1.54, 1.807) is 6.20 Å². The van der Waals surface area contributed by atoms with Gasteiger partial charge >= 0.3 is 5.97 Å². The maximum absolute atomic E-state index is 11.1. The van der Waals surface area contributed by atoms with Crippen LogP contribution in [0.15, 0.2) is 35.1 Å². The van der Waals surface area contributed by atoms with Crippen molar-refractivity contribution in [3.63, 3.8) is 0 Å². The van der Waals surface area contributed by atoms with Crippen LogP contribution in [0.1, 0.15) is 15.9 Å². The number of carboxylic acids is 1. The quantitative estimate of drug-likeness (QED) is 0.724. The molecule has 0 atom stereocenters. The van der Waals surface area contributed by atoms with E-state index in [0.717, 1.165) is 16.5 Å². The number of hydrogen-bond donors (Lipinski definition) is 2. The smallest absolute Gasteiger partial charge is 0.341 e. The van der Waals surface area contributed by atoms with Gasteiger partial charge in [-0.05, 0) is 18.6 Å². The molecule has 0 aliphatic carbocycles. The highest BCUT2D eigenvalue weighted by Crippen LogP contribution is 2.31. The van der Waals surface area contributed by atoms with Crippen molar-refractivity contribution < 1.29 is 14.4 Å². The molecule has 0 saturated carbocycles. The van der Waals surface area contributed by atoms with Gasteiger partial charge in [0.25, 0.3) is 0 Å². The molecule has 0 saturated heterocycles. The van der Waals surface area contributed by atoms with Crippen molar-refractivity contribution in [2.24, 2.45) is 0 Å². The molecule has 2 N–H and O–H groups in total. The lowest BCUT2D eigenvalue weighted by molar-refractivity contribution is 0.0697. The van der Waals surface area contributed by atoms with Crippen LogP contribution in [0.2, 0.25) is 0 Å². The molecule has 0 fully saturated rings. The summed E-state index contributed by atoms with van der Waals surface area (Å²) in [6.07, 6.45) is 2.95. The van der Waals surface area contributed by atoms with E-state index in [-0.39, 0.29) is 11.3 Å². The SMILES string of the molecule is Cc1ccc2c(-c3oncc3C(=O)O)c[nH]c2c1. The van der Waals surface area contributed by atoms with Crippen molar-refractivity contribution in [2.75, 3.05) is 0 Å². The third-order valence-electron chi connectivity index (χ3n) is 2.88. The molecule has 0 aliphatic heterocycles. The number of aromatic nitrogens is 2. The molecule has 3 rings (SSSR count). The van der Waals surface area contributed by atoms with Crippen LogP contribution < -0.4 is 0 Å². The molecule has 3 aromatic rings. The molecule has 5 nitrogen and oxygen atoms in total. The molecule has 1 aromatic carbocycles. The highest BCUT2D eigenvalue weighted by atomic mass is 16.5. The summed E-state index contributed by atoms with van der Waals surface area (Å²) in [4.78, 5) is 14.2. The van der Waals surface area contributed by atoms with Crippen LogP contribution in [0.25, 0.3) is 22.2 Å². The first-order chi connectivity index (χ1) is 8.66. The molecule has 5 heteroatoms. The Morgan fingerprint density at radius 2 is 2.28 bits per heavy atom. The molecule has 0 radical (unpaired) electrons. The topological polar surface area (TPSA) is 79.1 Å². The minimum Gasteiger partial charge on any atom is -0.477 e. The minimum atomic E-state index is -1.05. The highest BCUT2D eigenvalue weighted by Gasteiger charge is 2.19. The van der Waals surface area contributed by atoms with E-state index in [1.165, 1.54) is 6.20 Å². The Morgan fingerprint density at radius 1 is 1.44 bits per heavy atom. The fourth-order valence-corrected chi connectivity index (χ4v) is 2.01. The van der Waals surface area contributed by atoms with E-state index in [4.69, 9.17) is 9.63 Å². The number of aryl methyl sites for hydroxylation is 1. The first-order valence-corrected chi connectivity index (χ1v) is 5.43. The molecule has 90 valence electrons. The van der Waals surface area contributed by atoms with Crippen LogP contribution in [-0.4, -0.2) is 21.2 Å². The first kappa shape index (κ1) is 10.6. The van der Waals surface area contributed by atoms with Gasteiger partial charge in [0.15, 0.2) is 5.76 Å². The summed E-state index contributed by atoms with van der Waals surface area (Å²) >= 11 is 0. The molecule has 18 heavy (non-hydrogen) atoms. The van der Waals surface area contributed by atoms with Gasteiger partial charge in [-0.1, -0.05) is 17.3 Å². The Hall–Kier alpha value is -2.56. The summed E-state index contributed by atoms with van der Waals surface area (Å²) in [5.41, 5.74) is 2.85. The van der Waals surface area contributed by atoms with E-state index >= 15 is 0 Å². The number of fused-ring (bicyclic) bond motifs is 1. The molecule has 0 aliphatic rings. The molecular weight excluding hydrogens is 232 g/mol. The lowest BCUT2D eigenvalue weighted by atomic mass is 10.1. The van der Waals surface area contributed by atoms with Gasteiger partial charge in [0.2, 0.25) is 0 Å². The average Bonchev–Trinajstić information content (AvgIpc) is 2.92. The van der Waals surface area contributed by atoms with Crippen LogP contribution >= 0.6 is 0 Å². The van der Waals surface area contributed by atoms with E-state index in [1.807, 2.05) is 25.1 Å². The Balaban J connectivity index is 2.26. The molecular formula is C13H10N2O3. The van der Waals surface area contributed by atoms with Gasteiger partial charge < -0.3 is 14.6 Å². The standard InChI is InChI=1S/C13H10N2O3/c1-7-2-3-8-9(5-14-11(8)4-7)12-10(13(16)17)6-15-18-12/h2-6,14H,1H3,(H,16,17). The Labute approximate surface area is 102 Å². The van der Waals surface area contributed by atoms with Gasteiger partial charge in [-0.2, -0.15) is 0 Å². The van der Waals surface area contributed by atoms with E-state index < -0.39 is 5.97 Å². The molecule has 0 bridgehead atoms. The largest absolute Gasteiger partial charge is 0.477 e. The number of carboxylic acid groups (broad SMARTS) is 1. The maximum Gasteiger partial charge on any atom is 0.341 e. The van der Waals surface area contributed by atoms with Crippen molar-refractivity contribution in [2.45, 2.75) is 6.92 Å². The average molecular weight is 242 g/mol. The summed E-state index contributed by atoms with van der Waals surface area (Å²) in [5.74, 6) is -0.773. The predicted molar refractivity (Wildman–Crippen MR) is 65.5 cm³/mol. The third-order valence-corrected chi connectivity index (χ3v) is 2.88. The Kier molecular flexibility index (Phi) is 2.19. The van der Waals surface area contributed by atoms with Crippen LogP contribution in [0, 0.1) is 6.92 Å². The predicted octanol–water partition coefficient (Wildman–Crippen LogP) is 2.83. The van der Waals surface area contributed by atoms with E-state index in [9.17, 15) is 4.79 Å². The zero-order valence-electron chi connectivity index (χ0n) is 9.60. The van der Waals surface area contributed by atoms with Crippen molar-refractivity contribution in [3.8, 4) is 11.3 Å². The van der Waals surface area contributed by atoms with Gasteiger partial charge in [-0.15, -0.1) is 0 Å². The minimum absolute atomic E-state index is 0.0662. The van der Waals surface area contributed by atoms with Crippen LogP contribution in [0.4, 0.5) is 0 Å². The van der Waals surface area contributed by atoms with Crippen LogP contribution in [-0.2, 0) is 0 Å². The number of nitrogens with one attached hydrogen (secondary N) is 1. The summed E-state index contributed by atoms with van der Waals surface area (Å²) in [5, 5.41) is 13.5. The molecule has 0 unspecified atom stereocenters. The summed E-state index contributed by atoms with van der Waals surface area (Å²) in [6.45, 7) is 2.00. The molecule has 0 spiro atoms. The van der Waals surface area contributed by atoms with E-state index in [2.05, 4.69) is 10.1 Å². The fraction of sp³-hybridized carbons (Fsp3) is 0.0769. The van der Waals surface area contributed by atoms with Crippen molar-refractivity contribution in [1.29, 1.82) is 0 Å². The monoisotopic (exact) mass is 242 g/mol. The number of hydrogen-bond acceptors (Lipinski definition) is 3. The number of rotatable bonds is 2. The normalized spacial score (nSPS) is 10.9. The van der Waals surface area contributed by atoms with Crippen molar-refractivity contribution >= 4 is 16.9 Å². The van der Waals surface area contributed by atoms with Gasteiger partial charge in [-0.3, -0.25) is 0 Å².